The van der Waals surface area contributed by atoms with E-state index in [-0.39, 0.29) is 12.1 Å². The summed E-state index contributed by atoms with van der Waals surface area (Å²) >= 11 is 0. The van der Waals surface area contributed by atoms with Gasteiger partial charge in [-0.25, -0.2) is 4.79 Å². The summed E-state index contributed by atoms with van der Waals surface area (Å²) in [6.45, 7) is 0.701. The molecular weight excluding hydrogens is 360 g/mol. The highest BCUT2D eigenvalue weighted by Crippen LogP contribution is 2.40. The van der Waals surface area contributed by atoms with Gasteiger partial charge in [-0.1, -0.05) is 12.1 Å². The predicted molar refractivity (Wildman–Crippen MR) is 107 cm³/mol. The van der Waals surface area contributed by atoms with Gasteiger partial charge in [0.2, 0.25) is 5.75 Å². The monoisotopic (exact) mass is 386 g/mol. The Morgan fingerprint density at radius 1 is 0.964 bits per heavy atom. The van der Waals surface area contributed by atoms with E-state index in [0.29, 0.717) is 29.5 Å². The molecule has 150 valence electrons. The van der Waals surface area contributed by atoms with E-state index < -0.39 is 0 Å². The van der Waals surface area contributed by atoms with Crippen LogP contribution >= 0.6 is 0 Å². The van der Waals surface area contributed by atoms with Crippen molar-refractivity contribution in [1.82, 2.24) is 4.90 Å². The molecule has 1 heterocycles. The molecule has 0 bridgehead atoms. The van der Waals surface area contributed by atoms with Crippen molar-refractivity contribution in [1.29, 1.82) is 0 Å². The molecule has 1 aliphatic rings. The van der Waals surface area contributed by atoms with Gasteiger partial charge in [0.25, 0.3) is 0 Å². The summed E-state index contributed by atoms with van der Waals surface area (Å²) in [5, 5.41) is 2.95. The number of urea groups is 1. The average Bonchev–Trinajstić information content (AvgIpc) is 3.23. The number of carbonyl (C=O) groups excluding carboxylic acids is 1. The molecule has 1 aliphatic heterocycles. The van der Waals surface area contributed by atoms with E-state index in [2.05, 4.69) is 5.32 Å². The zero-order chi connectivity index (χ0) is 20.1. The summed E-state index contributed by atoms with van der Waals surface area (Å²) in [6, 6.07) is 11.2. The Labute approximate surface area is 165 Å². The number of benzene rings is 2. The smallest absolute Gasteiger partial charge is 0.322 e. The molecule has 2 aromatic carbocycles. The van der Waals surface area contributed by atoms with Crippen LogP contribution in [0.25, 0.3) is 0 Å². The molecule has 1 atom stereocenters. The molecule has 7 heteroatoms. The predicted octanol–water partition coefficient (Wildman–Crippen LogP) is 4.09. The van der Waals surface area contributed by atoms with E-state index in [1.165, 1.54) is 0 Å². The molecule has 0 radical (unpaired) electrons. The highest BCUT2D eigenvalue weighted by molar-refractivity contribution is 5.90. The molecule has 7 nitrogen and oxygen atoms in total. The summed E-state index contributed by atoms with van der Waals surface area (Å²) in [4.78, 5) is 14.8. The first-order chi connectivity index (χ1) is 13.6. The maximum absolute atomic E-state index is 13.0. The lowest BCUT2D eigenvalue weighted by atomic mass is 10.0. The maximum atomic E-state index is 13.0. The van der Waals surface area contributed by atoms with Crippen molar-refractivity contribution in [3.8, 4) is 23.0 Å². The molecule has 1 fully saturated rings. The number of likely N-dealkylation sites (tertiary alicyclic amines) is 1. The normalized spacial score (nSPS) is 15.9. The van der Waals surface area contributed by atoms with Crippen LogP contribution < -0.4 is 24.3 Å². The van der Waals surface area contributed by atoms with Crippen LogP contribution in [0.2, 0.25) is 0 Å². The molecule has 2 aromatic rings. The van der Waals surface area contributed by atoms with Crippen LogP contribution in [0.15, 0.2) is 36.4 Å². The third-order valence-corrected chi connectivity index (χ3v) is 4.93. The molecule has 0 aliphatic carbocycles. The van der Waals surface area contributed by atoms with E-state index in [1.54, 1.807) is 40.6 Å². The van der Waals surface area contributed by atoms with Crippen molar-refractivity contribution in [2.24, 2.45) is 0 Å². The van der Waals surface area contributed by atoms with Gasteiger partial charge in [0.1, 0.15) is 5.75 Å². The number of carbonyl (C=O) groups is 1. The van der Waals surface area contributed by atoms with Crippen LogP contribution in [0.3, 0.4) is 0 Å². The summed E-state index contributed by atoms with van der Waals surface area (Å²) in [5.41, 5.74) is 1.68. The Hall–Kier alpha value is -3.09. The van der Waals surface area contributed by atoms with E-state index in [1.807, 2.05) is 29.2 Å². The number of hydrogen-bond donors (Lipinski definition) is 1. The Kier molecular flexibility index (Phi) is 6.13. The summed E-state index contributed by atoms with van der Waals surface area (Å²) < 4.78 is 21.3. The number of nitrogens with zero attached hydrogens (tertiary/aromatic N) is 1. The van der Waals surface area contributed by atoms with Gasteiger partial charge in [-0.05, 0) is 30.5 Å². The van der Waals surface area contributed by atoms with Crippen LogP contribution in [0.1, 0.15) is 24.4 Å². The maximum Gasteiger partial charge on any atom is 0.322 e. The fraction of sp³-hybridized carbons (Fsp3) is 0.381. The highest BCUT2D eigenvalue weighted by Gasteiger charge is 2.30. The number of rotatable bonds is 6. The first-order valence-electron chi connectivity index (χ1n) is 9.12. The molecular formula is C21H26N2O5. The van der Waals surface area contributed by atoms with Gasteiger partial charge in [0.15, 0.2) is 11.5 Å². The van der Waals surface area contributed by atoms with Crippen LogP contribution in [0.5, 0.6) is 23.0 Å². The summed E-state index contributed by atoms with van der Waals surface area (Å²) in [6.07, 6.45) is 1.88. The molecule has 0 aromatic heterocycles. The second kappa shape index (κ2) is 8.73. The van der Waals surface area contributed by atoms with Gasteiger partial charge in [0.05, 0.1) is 40.2 Å². The summed E-state index contributed by atoms with van der Waals surface area (Å²) in [7, 11) is 6.27. The second-order valence-corrected chi connectivity index (χ2v) is 6.47. The average molecular weight is 386 g/mol. The Morgan fingerprint density at radius 3 is 2.14 bits per heavy atom. The number of amides is 2. The second-order valence-electron chi connectivity index (χ2n) is 6.47. The fourth-order valence-electron chi connectivity index (χ4n) is 3.53. The summed E-state index contributed by atoms with van der Waals surface area (Å²) in [5.74, 6) is 2.27. The van der Waals surface area contributed by atoms with Gasteiger partial charge >= 0.3 is 6.03 Å². The van der Waals surface area contributed by atoms with Gasteiger partial charge in [0, 0.05) is 18.7 Å². The first kappa shape index (κ1) is 19.7. The number of methoxy groups -OCH3 is 4. The van der Waals surface area contributed by atoms with Crippen molar-refractivity contribution in [3.63, 3.8) is 0 Å². The third-order valence-electron chi connectivity index (χ3n) is 4.93. The number of ether oxygens (including phenoxy) is 4. The topological polar surface area (TPSA) is 69.3 Å². The zero-order valence-corrected chi connectivity index (χ0v) is 16.7. The van der Waals surface area contributed by atoms with Crippen molar-refractivity contribution in [3.05, 3.63) is 42.0 Å². The SMILES string of the molecule is COc1ccc([C@H]2CCCN2C(=O)Nc2cc(OC)c(OC)c(OC)c2)cc1. The highest BCUT2D eigenvalue weighted by atomic mass is 16.5. The fourth-order valence-corrected chi connectivity index (χ4v) is 3.53. The molecule has 2 amide bonds. The van der Waals surface area contributed by atoms with Crippen LogP contribution in [0.4, 0.5) is 10.5 Å². The third kappa shape index (κ3) is 3.93. The van der Waals surface area contributed by atoms with Gasteiger partial charge in [-0.2, -0.15) is 0 Å². The number of nitrogens with one attached hydrogen (secondary N) is 1. The van der Waals surface area contributed by atoms with Gasteiger partial charge in [-0.3, -0.25) is 0 Å². The molecule has 0 unspecified atom stereocenters. The number of anilines is 1. The number of hydrogen-bond acceptors (Lipinski definition) is 5. The largest absolute Gasteiger partial charge is 0.497 e. The van der Waals surface area contributed by atoms with E-state index in [0.717, 1.165) is 24.2 Å². The van der Waals surface area contributed by atoms with E-state index in [4.69, 9.17) is 18.9 Å². The molecule has 0 saturated carbocycles. The molecule has 28 heavy (non-hydrogen) atoms. The lowest BCUT2D eigenvalue weighted by molar-refractivity contribution is 0.207. The first-order valence-corrected chi connectivity index (χ1v) is 9.12. The lowest BCUT2D eigenvalue weighted by Crippen LogP contribution is -2.34. The van der Waals surface area contributed by atoms with Crippen molar-refractivity contribution < 1.29 is 23.7 Å². The lowest BCUT2D eigenvalue weighted by Gasteiger charge is -2.26. The minimum Gasteiger partial charge on any atom is -0.497 e. The standard InChI is InChI=1S/C21H26N2O5/c1-25-16-9-7-14(8-10-16)17-6-5-11-23(17)21(24)22-15-12-18(26-2)20(28-4)19(13-15)27-3/h7-10,12-13,17H,5-6,11H2,1-4H3,(H,22,24)/t17-/m1/s1. The van der Waals surface area contributed by atoms with Gasteiger partial charge < -0.3 is 29.2 Å². The van der Waals surface area contributed by atoms with Crippen molar-refractivity contribution >= 4 is 11.7 Å². The minimum atomic E-state index is -0.160. The van der Waals surface area contributed by atoms with Crippen LogP contribution in [0, 0.1) is 0 Å². The quantitative estimate of drug-likeness (QED) is 0.810. The van der Waals surface area contributed by atoms with E-state index >= 15 is 0 Å². The van der Waals surface area contributed by atoms with E-state index in [9.17, 15) is 4.79 Å². The zero-order valence-electron chi connectivity index (χ0n) is 16.7. The van der Waals surface area contributed by atoms with Crippen molar-refractivity contribution in [2.45, 2.75) is 18.9 Å². The van der Waals surface area contributed by atoms with Gasteiger partial charge in [-0.15, -0.1) is 0 Å². The molecule has 1 saturated heterocycles. The Bertz CT molecular complexity index is 797. The van der Waals surface area contributed by atoms with Crippen molar-refractivity contribution in [2.75, 3.05) is 40.3 Å². The Balaban J connectivity index is 1.79. The minimum absolute atomic E-state index is 0.0351. The molecule has 3 rings (SSSR count). The molecule has 1 N–H and O–H groups in total. The molecule has 0 spiro atoms. The van der Waals surface area contributed by atoms with Crippen LogP contribution in [-0.2, 0) is 0 Å². The Morgan fingerprint density at radius 2 is 1.61 bits per heavy atom. The van der Waals surface area contributed by atoms with Crippen LogP contribution in [-0.4, -0.2) is 45.9 Å².